The molecule has 1 heterocycles. The summed E-state index contributed by atoms with van der Waals surface area (Å²) < 4.78 is 0. The highest BCUT2D eigenvalue weighted by molar-refractivity contribution is 5.94. The Hall–Kier alpha value is -1.00. The summed E-state index contributed by atoms with van der Waals surface area (Å²) in [4.78, 5) is 15.1. The molecule has 60 valence electrons. The molecule has 1 amide bonds. The summed E-state index contributed by atoms with van der Waals surface area (Å²) in [7, 11) is 0. The van der Waals surface area contributed by atoms with Crippen molar-refractivity contribution in [1.29, 1.82) is 0 Å². The highest BCUT2D eigenvalue weighted by Crippen LogP contribution is 1.90. The Kier molecular flexibility index (Phi) is 2.51. The molecule has 0 saturated heterocycles. The van der Waals surface area contributed by atoms with E-state index in [1.165, 1.54) is 0 Å². The maximum atomic E-state index is 10.4. The lowest BCUT2D eigenvalue weighted by Gasteiger charge is -2.05. The van der Waals surface area contributed by atoms with Crippen molar-refractivity contribution in [2.45, 2.75) is 0 Å². The van der Waals surface area contributed by atoms with E-state index < -0.39 is 0 Å². The van der Waals surface area contributed by atoms with Crippen LogP contribution in [0, 0.1) is 0 Å². The summed E-state index contributed by atoms with van der Waals surface area (Å²) in [5, 5.41) is 8.70. The van der Waals surface area contributed by atoms with Gasteiger partial charge in [-0.1, -0.05) is 6.58 Å². The Morgan fingerprint density at radius 2 is 2.64 bits per heavy atom. The summed E-state index contributed by atoms with van der Waals surface area (Å²) in [6, 6.07) is 0. The van der Waals surface area contributed by atoms with Crippen LogP contribution in [0.4, 0.5) is 0 Å². The van der Waals surface area contributed by atoms with Crippen molar-refractivity contribution in [2.24, 2.45) is 4.99 Å². The second-order valence-corrected chi connectivity index (χ2v) is 2.39. The van der Waals surface area contributed by atoms with Gasteiger partial charge in [-0.15, -0.1) is 0 Å². The summed E-state index contributed by atoms with van der Waals surface area (Å²) in [6.07, 6.45) is 0.784. The largest absolute Gasteiger partial charge is 0.391 e. The smallest absolute Gasteiger partial charge is 0.306 e. The fourth-order valence-electron chi connectivity index (χ4n) is 1.04. The third-order valence-electron chi connectivity index (χ3n) is 1.62. The van der Waals surface area contributed by atoms with E-state index in [9.17, 15) is 4.79 Å². The number of nitrogens with one attached hydrogen (secondary N) is 1. The highest BCUT2D eigenvalue weighted by Gasteiger charge is 2.23. The van der Waals surface area contributed by atoms with Crippen LogP contribution in [0.25, 0.3) is 0 Å². The molecule has 0 aliphatic carbocycles. The molecule has 2 N–H and O–H groups in total. The number of amides is 1. The van der Waals surface area contributed by atoms with Gasteiger partial charge in [-0.25, -0.2) is 14.7 Å². The topological polar surface area (TPSA) is 54.1 Å². The van der Waals surface area contributed by atoms with Crippen LogP contribution in [0.2, 0.25) is 0 Å². The van der Waals surface area contributed by atoms with Crippen LogP contribution in [0.3, 0.4) is 0 Å². The normalized spacial score (nSPS) is 23.0. The lowest BCUT2D eigenvalue weighted by atomic mass is 10.3. The Bertz CT molecular complexity index is 210. The third kappa shape index (κ3) is 1.53. The molecular formula is C7H11N2O2+. The number of carbonyl (C=O) groups is 1. The number of quaternary nitrogens is 1. The van der Waals surface area contributed by atoms with Gasteiger partial charge in [-0.3, -0.25) is 0 Å². The number of rotatable bonds is 3. The van der Waals surface area contributed by atoms with Gasteiger partial charge in [0, 0.05) is 0 Å². The molecule has 0 radical (unpaired) electrons. The van der Waals surface area contributed by atoms with Crippen molar-refractivity contribution >= 4 is 12.2 Å². The van der Waals surface area contributed by atoms with Gasteiger partial charge >= 0.3 is 6.41 Å². The first-order valence-corrected chi connectivity index (χ1v) is 3.44. The number of aliphatic hydroxyl groups is 1. The second-order valence-electron chi connectivity index (χ2n) is 2.39. The summed E-state index contributed by atoms with van der Waals surface area (Å²) >= 11 is 0. The zero-order chi connectivity index (χ0) is 8.27. The quantitative estimate of drug-likeness (QED) is 0.463. The minimum atomic E-state index is -0.129. The van der Waals surface area contributed by atoms with Gasteiger partial charge in [-0.2, -0.15) is 0 Å². The van der Waals surface area contributed by atoms with Crippen LogP contribution in [0.1, 0.15) is 0 Å². The number of hydrogen-bond donors (Lipinski definition) is 2. The number of aliphatic hydroxyl groups excluding tert-OH is 1. The molecule has 1 aliphatic rings. The lowest BCUT2D eigenvalue weighted by molar-refractivity contribution is -0.700. The van der Waals surface area contributed by atoms with E-state index in [4.69, 9.17) is 5.11 Å². The van der Waals surface area contributed by atoms with Crippen LogP contribution in [-0.2, 0) is 4.79 Å². The fourth-order valence-corrected chi connectivity index (χ4v) is 1.04. The Balaban J connectivity index is 2.70. The molecule has 1 unspecified atom stereocenters. The zero-order valence-corrected chi connectivity index (χ0v) is 6.21. The minimum absolute atomic E-state index is 0.129. The molecule has 0 bridgehead atoms. The van der Waals surface area contributed by atoms with Gasteiger partial charge < -0.3 is 5.11 Å². The first-order chi connectivity index (χ1) is 5.29. The van der Waals surface area contributed by atoms with Gasteiger partial charge in [0.05, 0.1) is 18.7 Å². The third-order valence-corrected chi connectivity index (χ3v) is 1.62. The molecule has 11 heavy (non-hydrogen) atoms. The van der Waals surface area contributed by atoms with Crippen LogP contribution in [0.5, 0.6) is 0 Å². The van der Waals surface area contributed by atoms with E-state index in [1.807, 2.05) is 0 Å². The number of hydrogen-bond acceptors (Lipinski definition) is 3. The van der Waals surface area contributed by atoms with Gasteiger partial charge in [0.25, 0.3) is 0 Å². The first-order valence-electron chi connectivity index (χ1n) is 3.44. The molecule has 1 rings (SSSR count). The van der Waals surface area contributed by atoms with E-state index in [1.54, 1.807) is 0 Å². The van der Waals surface area contributed by atoms with Gasteiger partial charge in [0.2, 0.25) is 5.84 Å². The molecule has 4 heteroatoms. The van der Waals surface area contributed by atoms with Crippen molar-refractivity contribution in [2.75, 3.05) is 19.7 Å². The average molecular weight is 155 g/mol. The highest BCUT2D eigenvalue weighted by atomic mass is 16.3. The van der Waals surface area contributed by atoms with Crippen molar-refractivity contribution in [3.63, 3.8) is 0 Å². The van der Waals surface area contributed by atoms with Crippen LogP contribution < -0.4 is 4.90 Å². The molecule has 4 nitrogen and oxygen atoms in total. The second kappa shape index (κ2) is 3.41. The monoisotopic (exact) mass is 155 g/mol. The van der Waals surface area contributed by atoms with E-state index in [0.29, 0.717) is 29.4 Å². The Morgan fingerprint density at radius 1 is 1.91 bits per heavy atom. The van der Waals surface area contributed by atoms with E-state index in [2.05, 4.69) is 11.6 Å². The number of amidine groups is 1. The molecule has 0 aromatic rings. The molecule has 0 aromatic carbocycles. The lowest BCUT2D eigenvalue weighted by Crippen LogP contribution is -3.12. The van der Waals surface area contributed by atoms with E-state index in [0.717, 1.165) is 6.41 Å². The van der Waals surface area contributed by atoms with Crippen molar-refractivity contribution < 1.29 is 14.8 Å². The standard InChI is InChI=1S/C7H10N2O2/c1-6(4-10)7-8-2-3-9(7)5-11/h5,10H,1-4H2/p+1. The molecule has 1 aliphatic heterocycles. The molecule has 0 saturated carbocycles. The maximum Gasteiger partial charge on any atom is 0.306 e. The molecule has 1 atom stereocenters. The maximum absolute atomic E-state index is 10.4. The van der Waals surface area contributed by atoms with Crippen LogP contribution >= 0.6 is 0 Å². The average Bonchev–Trinajstić information content (AvgIpc) is 2.50. The fraction of sp³-hybridized carbons (Fsp3) is 0.429. The van der Waals surface area contributed by atoms with Gasteiger partial charge in [0.1, 0.15) is 6.54 Å². The van der Waals surface area contributed by atoms with Crippen LogP contribution in [-0.4, -0.2) is 37.0 Å². The Labute approximate surface area is 64.8 Å². The Morgan fingerprint density at radius 3 is 3.18 bits per heavy atom. The summed E-state index contributed by atoms with van der Waals surface area (Å²) in [6.45, 7) is 4.78. The molecular weight excluding hydrogens is 144 g/mol. The van der Waals surface area contributed by atoms with Crippen molar-refractivity contribution in [1.82, 2.24) is 0 Å². The summed E-state index contributed by atoms with van der Waals surface area (Å²) in [5.74, 6) is 0.600. The number of nitrogens with zero attached hydrogens (tertiary/aromatic N) is 1. The van der Waals surface area contributed by atoms with E-state index in [-0.39, 0.29) is 6.61 Å². The number of carbonyl (C=O) groups excluding carboxylic acids is 1. The molecule has 0 spiro atoms. The predicted octanol–water partition coefficient (Wildman–Crippen LogP) is -2.01. The predicted molar refractivity (Wildman–Crippen MR) is 40.4 cm³/mol. The SMILES string of the molecule is C=C(CO)C1=NCC[NH+]1C=O. The van der Waals surface area contributed by atoms with Gasteiger partial charge in [-0.05, 0) is 0 Å². The molecule has 0 fully saturated rings. The van der Waals surface area contributed by atoms with E-state index >= 15 is 0 Å². The van der Waals surface area contributed by atoms with Gasteiger partial charge in [0.15, 0.2) is 0 Å². The van der Waals surface area contributed by atoms with Crippen LogP contribution in [0.15, 0.2) is 17.1 Å². The van der Waals surface area contributed by atoms with Crippen molar-refractivity contribution in [3.05, 3.63) is 12.2 Å². The number of aliphatic imine (C=N–C) groups is 1. The zero-order valence-electron chi connectivity index (χ0n) is 6.21. The molecule has 0 aromatic heterocycles. The van der Waals surface area contributed by atoms with Crippen molar-refractivity contribution in [3.8, 4) is 0 Å². The summed E-state index contributed by atoms with van der Waals surface area (Å²) in [5.41, 5.74) is 0.532. The minimum Gasteiger partial charge on any atom is -0.391 e. The first kappa shape index (κ1) is 8.10.